The average Bonchev–Trinajstić information content (AvgIpc) is 3.54. The molecule has 0 bridgehead atoms. The summed E-state index contributed by atoms with van der Waals surface area (Å²) < 4.78 is 6.01. The molecular weight excluding hydrogens is 410 g/mol. The van der Waals surface area contributed by atoms with Gasteiger partial charge in [-0.05, 0) is 67.4 Å². The number of benzene rings is 2. The van der Waals surface area contributed by atoms with Gasteiger partial charge in [-0.3, -0.25) is 14.6 Å². The minimum Gasteiger partial charge on any atom is -0.457 e. The van der Waals surface area contributed by atoms with E-state index in [2.05, 4.69) is 15.6 Å². The number of aromatic nitrogens is 1. The zero-order chi connectivity index (χ0) is 21.2. The molecule has 0 aliphatic heterocycles. The Kier molecular flexibility index (Phi) is 5.09. The first-order valence-corrected chi connectivity index (χ1v) is 10.8. The number of ether oxygens (including phenoxy) is 1. The van der Waals surface area contributed by atoms with E-state index in [1.165, 1.54) is 11.3 Å². The van der Waals surface area contributed by atoms with E-state index in [0.29, 0.717) is 21.3 Å². The van der Waals surface area contributed by atoms with Gasteiger partial charge in [0, 0.05) is 23.2 Å². The number of amides is 2. The third-order valence-electron chi connectivity index (χ3n) is 4.97. The lowest BCUT2D eigenvalue weighted by Crippen LogP contribution is -2.12. The zero-order valence-electron chi connectivity index (χ0n) is 16.5. The SMILES string of the molecule is O=C(Nc1ccc(Oc2ccnc3ccccc23)cc1)c1ccc(NC(=O)C2CC2)s1. The normalized spacial score (nSPS) is 13.0. The number of hydrogen-bond donors (Lipinski definition) is 2. The number of nitrogens with zero attached hydrogens (tertiary/aromatic N) is 1. The van der Waals surface area contributed by atoms with E-state index in [-0.39, 0.29) is 17.7 Å². The highest BCUT2D eigenvalue weighted by Crippen LogP contribution is 2.32. The highest BCUT2D eigenvalue weighted by atomic mass is 32.1. The molecule has 2 amide bonds. The maximum Gasteiger partial charge on any atom is 0.265 e. The van der Waals surface area contributed by atoms with Crippen molar-refractivity contribution < 1.29 is 14.3 Å². The minimum absolute atomic E-state index is 0.0337. The summed E-state index contributed by atoms with van der Waals surface area (Å²) in [4.78, 5) is 29.3. The third-order valence-corrected chi connectivity index (χ3v) is 5.97. The van der Waals surface area contributed by atoms with Gasteiger partial charge in [0.05, 0.1) is 15.4 Å². The minimum atomic E-state index is -0.217. The number of thiophene rings is 1. The number of pyridine rings is 1. The number of para-hydroxylation sites is 1. The van der Waals surface area contributed by atoms with Gasteiger partial charge in [0.2, 0.25) is 5.91 Å². The summed E-state index contributed by atoms with van der Waals surface area (Å²) in [6.45, 7) is 0. The molecule has 0 atom stereocenters. The van der Waals surface area contributed by atoms with Crippen molar-refractivity contribution in [2.24, 2.45) is 5.92 Å². The first kappa shape index (κ1) is 19.3. The number of rotatable bonds is 6. The Morgan fingerprint density at radius 2 is 1.74 bits per heavy atom. The monoisotopic (exact) mass is 429 g/mol. The number of nitrogens with one attached hydrogen (secondary N) is 2. The molecule has 7 heteroatoms. The highest BCUT2D eigenvalue weighted by Gasteiger charge is 2.29. The standard InChI is InChI=1S/C24H19N3O3S/c28-23(15-5-6-15)27-22-12-11-21(31-22)24(29)26-16-7-9-17(10-8-16)30-20-13-14-25-19-4-2-1-3-18(19)20/h1-4,7-15H,5-6H2,(H,26,29)(H,27,28). The van der Waals surface area contributed by atoms with Crippen molar-refractivity contribution in [1.82, 2.24) is 4.98 Å². The van der Waals surface area contributed by atoms with Gasteiger partial charge in [-0.1, -0.05) is 12.1 Å². The van der Waals surface area contributed by atoms with Crippen LogP contribution in [-0.2, 0) is 4.79 Å². The third kappa shape index (κ3) is 4.41. The van der Waals surface area contributed by atoms with Crippen LogP contribution in [0, 0.1) is 5.92 Å². The molecule has 31 heavy (non-hydrogen) atoms. The molecule has 154 valence electrons. The van der Waals surface area contributed by atoms with E-state index in [1.54, 1.807) is 42.6 Å². The highest BCUT2D eigenvalue weighted by molar-refractivity contribution is 7.18. The van der Waals surface area contributed by atoms with Crippen LogP contribution in [0.1, 0.15) is 22.5 Å². The fourth-order valence-electron chi connectivity index (χ4n) is 3.18. The average molecular weight is 430 g/mol. The fraction of sp³-hybridized carbons (Fsp3) is 0.125. The Hall–Kier alpha value is -3.71. The molecule has 1 aliphatic rings. The van der Waals surface area contributed by atoms with Gasteiger partial charge in [-0.2, -0.15) is 0 Å². The second-order valence-electron chi connectivity index (χ2n) is 7.33. The lowest BCUT2D eigenvalue weighted by molar-refractivity contribution is -0.117. The molecule has 2 heterocycles. The zero-order valence-corrected chi connectivity index (χ0v) is 17.3. The molecule has 2 aromatic heterocycles. The molecule has 2 aromatic carbocycles. The molecule has 0 radical (unpaired) electrons. The van der Waals surface area contributed by atoms with E-state index >= 15 is 0 Å². The van der Waals surface area contributed by atoms with Crippen molar-refractivity contribution in [2.75, 3.05) is 10.6 Å². The molecule has 1 aliphatic carbocycles. The lowest BCUT2D eigenvalue weighted by atomic mass is 10.2. The Morgan fingerprint density at radius 3 is 2.55 bits per heavy atom. The number of fused-ring (bicyclic) bond motifs is 1. The second kappa shape index (κ2) is 8.20. The van der Waals surface area contributed by atoms with Gasteiger partial charge >= 0.3 is 0 Å². The van der Waals surface area contributed by atoms with Gasteiger partial charge in [0.25, 0.3) is 5.91 Å². The summed E-state index contributed by atoms with van der Waals surface area (Å²) in [6, 6.07) is 20.3. The van der Waals surface area contributed by atoms with Gasteiger partial charge in [-0.25, -0.2) is 0 Å². The fourth-order valence-corrected chi connectivity index (χ4v) is 3.99. The Balaban J connectivity index is 1.23. The van der Waals surface area contributed by atoms with Crippen LogP contribution in [-0.4, -0.2) is 16.8 Å². The maximum atomic E-state index is 12.5. The van der Waals surface area contributed by atoms with Crippen LogP contribution in [0.5, 0.6) is 11.5 Å². The number of carbonyl (C=O) groups is 2. The van der Waals surface area contributed by atoms with Crippen molar-refractivity contribution in [3.63, 3.8) is 0 Å². The largest absolute Gasteiger partial charge is 0.457 e. The Morgan fingerprint density at radius 1 is 0.935 bits per heavy atom. The van der Waals surface area contributed by atoms with Crippen LogP contribution >= 0.6 is 11.3 Å². The molecule has 1 saturated carbocycles. The quantitative estimate of drug-likeness (QED) is 0.413. The van der Waals surface area contributed by atoms with Crippen LogP contribution in [0.25, 0.3) is 10.9 Å². The van der Waals surface area contributed by atoms with E-state index in [4.69, 9.17) is 4.74 Å². The molecule has 0 spiro atoms. The second-order valence-corrected chi connectivity index (χ2v) is 8.42. The van der Waals surface area contributed by atoms with E-state index in [1.807, 2.05) is 30.3 Å². The predicted octanol–water partition coefficient (Wildman–Crippen LogP) is 5.69. The van der Waals surface area contributed by atoms with Crippen molar-refractivity contribution in [3.8, 4) is 11.5 Å². The summed E-state index contributed by atoms with van der Waals surface area (Å²) in [5, 5.41) is 7.36. The molecule has 1 fully saturated rings. The number of anilines is 2. The number of hydrogen-bond acceptors (Lipinski definition) is 5. The first-order valence-electron chi connectivity index (χ1n) is 9.99. The predicted molar refractivity (Wildman–Crippen MR) is 122 cm³/mol. The molecule has 2 N–H and O–H groups in total. The van der Waals surface area contributed by atoms with Crippen LogP contribution in [0.4, 0.5) is 10.7 Å². The van der Waals surface area contributed by atoms with Crippen LogP contribution in [0.3, 0.4) is 0 Å². The van der Waals surface area contributed by atoms with Crippen molar-refractivity contribution in [1.29, 1.82) is 0 Å². The summed E-state index contributed by atoms with van der Waals surface area (Å²) in [5.41, 5.74) is 1.53. The van der Waals surface area contributed by atoms with Gasteiger partial charge < -0.3 is 15.4 Å². The van der Waals surface area contributed by atoms with Gasteiger partial charge in [0.15, 0.2) is 0 Å². The van der Waals surface area contributed by atoms with Gasteiger partial charge in [-0.15, -0.1) is 11.3 Å². The van der Waals surface area contributed by atoms with Gasteiger partial charge in [0.1, 0.15) is 11.5 Å². The molecular formula is C24H19N3O3S. The smallest absolute Gasteiger partial charge is 0.265 e. The van der Waals surface area contributed by atoms with Crippen LogP contribution in [0.15, 0.2) is 72.9 Å². The van der Waals surface area contributed by atoms with E-state index in [0.717, 1.165) is 29.5 Å². The lowest BCUT2D eigenvalue weighted by Gasteiger charge is -2.09. The molecule has 0 saturated heterocycles. The van der Waals surface area contributed by atoms with E-state index in [9.17, 15) is 9.59 Å². The summed E-state index contributed by atoms with van der Waals surface area (Å²) >= 11 is 1.27. The summed E-state index contributed by atoms with van der Waals surface area (Å²) in [6.07, 6.45) is 3.61. The molecule has 0 unspecified atom stereocenters. The molecule has 6 nitrogen and oxygen atoms in total. The Bertz CT molecular complexity index is 1260. The topological polar surface area (TPSA) is 80.3 Å². The molecule has 5 rings (SSSR count). The maximum absolute atomic E-state index is 12.5. The summed E-state index contributed by atoms with van der Waals surface area (Å²) in [5.74, 6) is 1.33. The van der Waals surface area contributed by atoms with Crippen molar-refractivity contribution in [3.05, 3.63) is 77.8 Å². The number of carbonyl (C=O) groups excluding carboxylic acids is 2. The van der Waals surface area contributed by atoms with Crippen LogP contribution in [0.2, 0.25) is 0 Å². The Labute approximate surface area is 182 Å². The van der Waals surface area contributed by atoms with Crippen molar-refractivity contribution in [2.45, 2.75) is 12.8 Å². The van der Waals surface area contributed by atoms with E-state index < -0.39 is 0 Å². The van der Waals surface area contributed by atoms with Crippen LogP contribution < -0.4 is 15.4 Å². The molecule has 4 aromatic rings. The first-order chi connectivity index (χ1) is 15.2. The van der Waals surface area contributed by atoms with Crippen molar-refractivity contribution >= 4 is 44.7 Å². The summed E-state index contributed by atoms with van der Waals surface area (Å²) in [7, 11) is 0.